The summed E-state index contributed by atoms with van der Waals surface area (Å²) < 4.78 is 10.7. The number of benzene rings is 2. The number of rotatable bonds is 10. The minimum atomic E-state index is -0.895. The maximum atomic E-state index is 12.9. The number of nitro benzene ring substituents is 1. The molecule has 0 spiro atoms. The summed E-state index contributed by atoms with van der Waals surface area (Å²) in [6, 6.07) is 11.0. The first kappa shape index (κ1) is 23.9. The van der Waals surface area contributed by atoms with Gasteiger partial charge in [-0.15, -0.1) is 0 Å². The molecule has 1 amide bonds. The molecule has 0 aromatic heterocycles. The first-order valence-corrected chi connectivity index (χ1v) is 10.3. The van der Waals surface area contributed by atoms with Crippen LogP contribution in [0.15, 0.2) is 54.1 Å². The number of aliphatic hydroxyl groups excluding tert-OH is 2. The van der Waals surface area contributed by atoms with E-state index in [4.69, 9.17) is 14.6 Å². The third-order valence-corrected chi connectivity index (χ3v) is 5.11. The Morgan fingerprint density at radius 3 is 2.33 bits per heavy atom. The van der Waals surface area contributed by atoms with Crippen molar-refractivity contribution in [3.63, 3.8) is 0 Å². The number of carbonyl (C=O) groups is 2. The molecule has 33 heavy (non-hydrogen) atoms. The highest BCUT2D eigenvalue weighted by Gasteiger charge is 2.45. The number of carbonyl (C=O) groups excluding carboxylic acids is 2. The lowest BCUT2D eigenvalue weighted by atomic mass is 9.95. The Balaban J connectivity index is 2.04. The number of likely N-dealkylation sites (tertiary alicyclic amines) is 1. The summed E-state index contributed by atoms with van der Waals surface area (Å²) >= 11 is 0. The maximum absolute atomic E-state index is 12.9. The van der Waals surface area contributed by atoms with Gasteiger partial charge in [-0.2, -0.15) is 0 Å². The number of ether oxygens (including phenoxy) is 2. The summed E-state index contributed by atoms with van der Waals surface area (Å²) in [6.45, 7) is 2.36. The summed E-state index contributed by atoms with van der Waals surface area (Å²) in [7, 11) is 0. The number of non-ortho nitro benzene ring substituents is 1. The number of aliphatic hydroxyl groups is 2. The lowest BCUT2D eigenvalue weighted by Crippen LogP contribution is -2.33. The van der Waals surface area contributed by atoms with E-state index < -0.39 is 28.4 Å². The number of hydrogen-bond donors (Lipinski definition) is 2. The Bertz CT molecular complexity index is 1050. The summed E-state index contributed by atoms with van der Waals surface area (Å²) in [5.74, 6) is -1.49. The zero-order chi connectivity index (χ0) is 24.0. The van der Waals surface area contributed by atoms with Crippen molar-refractivity contribution in [3.05, 3.63) is 75.3 Å². The van der Waals surface area contributed by atoms with Crippen LogP contribution in [-0.2, 0) is 14.3 Å². The fourth-order valence-electron chi connectivity index (χ4n) is 3.60. The zero-order valence-electron chi connectivity index (χ0n) is 18.0. The van der Waals surface area contributed by atoms with E-state index >= 15 is 0 Å². The van der Waals surface area contributed by atoms with Crippen LogP contribution in [0.25, 0.3) is 5.76 Å². The zero-order valence-corrected chi connectivity index (χ0v) is 18.0. The van der Waals surface area contributed by atoms with Crippen LogP contribution in [0.1, 0.15) is 24.1 Å². The van der Waals surface area contributed by atoms with Gasteiger partial charge < -0.3 is 24.6 Å². The number of Topliss-reactive ketones (excluding diaryl/α,β-unsaturated/α-hetero) is 1. The third-order valence-electron chi connectivity index (χ3n) is 5.11. The van der Waals surface area contributed by atoms with Gasteiger partial charge in [0.05, 0.1) is 43.0 Å². The van der Waals surface area contributed by atoms with Crippen molar-refractivity contribution < 1.29 is 34.2 Å². The molecule has 2 N–H and O–H groups in total. The molecule has 174 valence electrons. The standard InChI is InChI=1S/C23H24N2O8/c1-2-33-18-9-5-15(6-10-18)20-19(21(27)16-3-7-17(8-4-16)25(30)31)22(28)23(29)24(20)11-13-32-14-12-26/h3-10,20,26-27H,2,11-14H2,1H3/b21-19+/t20-/m1/s1. The highest BCUT2D eigenvalue weighted by atomic mass is 16.6. The van der Waals surface area contributed by atoms with Gasteiger partial charge >= 0.3 is 0 Å². The molecule has 1 fully saturated rings. The molecule has 1 atom stereocenters. The highest BCUT2D eigenvalue weighted by Crippen LogP contribution is 2.39. The Morgan fingerprint density at radius 2 is 1.76 bits per heavy atom. The molecule has 1 aliphatic rings. The molecule has 2 aromatic carbocycles. The number of ketones is 1. The van der Waals surface area contributed by atoms with Gasteiger partial charge in [0, 0.05) is 24.2 Å². The topological polar surface area (TPSA) is 139 Å². The van der Waals surface area contributed by atoms with E-state index in [1.54, 1.807) is 24.3 Å². The van der Waals surface area contributed by atoms with Crippen LogP contribution < -0.4 is 4.74 Å². The van der Waals surface area contributed by atoms with E-state index in [2.05, 4.69) is 0 Å². The second kappa shape index (κ2) is 10.7. The van der Waals surface area contributed by atoms with Crippen molar-refractivity contribution in [2.45, 2.75) is 13.0 Å². The fraction of sp³-hybridized carbons (Fsp3) is 0.304. The second-order valence-corrected chi connectivity index (χ2v) is 7.13. The lowest BCUT2D eigenvalue weighted by molar-refractivity contribution is -0.384. The van der Waals surface area contributed by atoms with Crippen molar-refractivity contribution in [1.82, 2.24) is 4.90 Å². The van der Waals surface area contributed by atoms with E-state index in [1.807, 2.05) is 6.92 Å². The first-order valence-electron chi connectivity index (χ1n) is 10.3. The van der Waals surface area contributed by atoms with Crippen molar-refractivity contribution in [1.29, 1.82) is 0 Å². The quantitative estimate of drug-likeness (QED) is 0.139. The maximum Gasteiger partial charge on any atom is 0.295 e. The molecule has 0 radical (unpaired) electrons. The van der Waals surface area contributed by atoms with E-state index in [0.717, 1.165) is 0 Å². The lowest BCUT2D eigenvalue weighted by Gasteiger charge is -2.25. The molecular formula is C23H24N2O8. The first-order chi connectivity index (χ1) is 15.9. The summed E-state index contributed by atoms with van der Waals surface area (Å²) in [5.41, 5.74) is 0.450. The molecule has 0 aliphatic carbocycles. The van der Waals surface area contributed by atoms with Crippen LogP contribution in [0.5, 0.6) is 5.75 Å². The van der Waals surface area contributed by atoms with Crippen LogP contribution >= 0.6 is 0 Å². The van der Waals surface area contributed by atoms with E-state index in [9.17, 15) is 24.8 Å². The Hall–Kier alpha value is -3.76. The van der Waals surface area contributed by atoms with Crippen LogP contribution in [0.4, 0.5) is 5.69 Å². The van der Waals surface area contributed by atoms with E-state index in [-0.39, 0.29) is 43.2 Å². The van der Waals surface area contributed by atoms with Crippen molar-refractivity contribution in [3.8, 4) is 5.75 Å². The van der Waals surface area contributed by atoms with Crippen LogP contribution in [-0.4, -0.2) is 64.7 Å². The van der Waals surface area contributed by atoms with Gasteiger partial charge in [-0.3, -0.25) is 19.7 Å². The minimum absolute atomic E-state index is 0.0551. The molecule has 2 aromatic rings. The van der Waals surface area contributed by atoms with E-state index in [1.165, 1.54) is 29.2 Å². The number of hydrogen-bond acceptors (Lipinski definition) is 8. The average Bonchev–Trinajstić information content (AvgIpc) is 3.07. The van der Waals surface area contributed by atoms with Crippen LogP contribution in [0.2, 0.25) is 0 Å². The van der Waals surface area contributed by atoms with Crippen molar-refractivity contribution in [2.24, 2.45) is 0 Å². The number of amides is 1. The molecule has 0 saturated carbocycles. The Labute approximate surface area is 189 Å². The summed E-state index contributed by atoms with van der Waals surface area (Å²) in [5, 5.41) is 30.8. The van der Waals surface area contributed by atoms with Crippen molar-refractivity contribution in [2.75, 3.05) is 33.0 Å². The van der Waals surface area contributed by atoms with Gasteiger partial charge in [0.25, 0.3) is 17.4 Å². The van der Waals surface area contributed by atoms with Gasteiger partial charge in [-0.25, -0.2) is 0 Å². The van der Waals surface area contributed by atoms with Gasteiger partial charge in [-0.1, -0.05) is 12.1 Å². The predicted octanol–water partition coefficient (Wildman–Crippen LogP) is 2.42. The molecule has 3 rings (SSSR count). The minimum Gasteiger partial charge on any atom is -0.507 e. The number of nitrogens with zero attached hydrogens (tertiary/aromatic N) is 2. The third kappa shape index (κ3) is 5.18. The molecule has 10 heteroatoms. The summed E-state index contributed by atoms with van der Waals surface area (Å²) in [4.78, 5) is 37.4. The largest absolute Gasteiger partial charge is 0.507 e. The fourth-order valence-corrected chi connectivity index (χ4v) is 3.60. The molecule has 10 nitrogen and oxygen atoms in total. The Kier molecular flexibility index (Phi) is 7.75. The normalized spacial score (nSPS) is 17.4. The molecule has 1 aliphatic heterocycles. The second-order valence-electron chi connectivity index (χ2n) is 7.13. The van der Waals surface area contributed by atoms with Crippen LogP contribution in [0, 0.1) is 10.1 Å². The van der Waals surface area contributed by atoms with Crippen LogP contribution in [0.3, 0.4) is 0 Å². The molecule has 1 saturated heterocycles. The number of nitro groups is 1. The predicted molar refractivity (Wildman–Crippen MR) is 118 cm³/mol. The Morgan fingerprint density at radius 1 is 1.09 bits per heavy atom. The highest BCUT2D eigenvalue weighted by molar-refractivity contribution is 6.46. The molecule has 1 heterocycles. The van der Waals surface area contributed by atoms with Gasteiger partial charge in [0.1, 0.15) is 11.5 Å². The molecular weight excluding hydrogens is 432 g/mol. The monoisotopic (exact) mass is 456 g/mol. The van der Waals surface area contributed by atoms with Gasteiger partial charge in [0.15, 0.2) is 0 Å². The average molecular weight is 456 g/mol. The SMILES string of the molecule is CCOc1ccc([C@@H]2/C(=C(\O)c3ccc([N+](=O)[O-])cc3)C(=O)C(=O)N2CCOCCO)cc1. The van der Waals surface area contributed by atoms with Gasteiger partial charge in [-0.05, 0) is 36.8 Å². The summed E-state index contributed by atoms with van der Waals surface area (Å²) in [6.07, 6.45) is 0. The molecule has 0 unspecified atom stereocenters. The van der Waals surface area contributed by atoms with E-state index in [0.29, 0.717) is 17.9 Å². The van der Waals surface area contributed by atoms with Gasteiger partial charge in [0.2, 0.25) is 0 Å². The van der Waals surface area contributed by atoms with Crippen molar-refractivity contribution >= 4 is 23.1 Å². The smallest absolute Gasteiger partial charge is 0.295 e. The molecule has 0 bridgehead atoms.